The molecule has 2 nitrogen and oxygen atoms in total. The summed E-state index contributed by atoms with van der Waals surface area (Å²) in [5, 5.41) is 4.47. The highest BCUT2D eigenvalue weighted by molar-refractivity contribution is 7.99. The largest absolute Gasteiger partial charge is 0.377 e. The first-order valence-electron chi connectivity index (χ1n) is 5.90. The van der Waals surface area contributed by atoms with Crippen LogP contribution in [0.4, 0.5) is 0 Å². The molecule has 15 heavy (non-hydrogen) atoms. The fourth-order valence-electron chi connectivity index (χ4n) is 2.06. The maximum atomic E-state index is 5.43. The molecule has 1 aliphatic rings. The van der Waals surface area contributed by atoms with Gasteiger partial charge in [0.1, 0.15) is 0 Å². The highest BCUT2D eigenvalue weighted by atomic mass is 32.2. The van der Waals surface area contributed by atoms with Crippen LogP contribution in [0.15, 0.2) is 0 Å². The van der Waals surface area contributed by atoms with Crippen molar-refractivity contribution in [1.82, 2.24) is 5.32 Å². The number of hydrogen-bond donors (Lipinski definition) is 1. The van der Waals surface area contributed by atoms with E-state index >= 15 is 0 Å². The summed E-state index contributed by atoms with van der Waals surface area (Å²) in [4.78, 5) is 0. The Kier molecular flexibility index (Phi) is 5.44. The second kappa shape index (κ2) is 6.12. The molecule has 1 aliphatic carbocycles. The zero-order chi connectivity index (χ0) is 11.3. The van der Waals surface area contributed by atoms with Gasteiger partial charge in [0.05, 0.1) is 5.60 Å². The molecule has 1 N–H and O–H groups in total. The Balaban J connectivity index is 2.35. The molecule has 2 unspecified atom stereocenters. The molecule has 0 heterocycles. The molecular weight excluding hydrogens is 206 g/mol. The van der Waals surface area contributed by atoms with Gasteiger partial charge in [-0.05, 0) is 32.9 Å². The molecule has 0 radical (unpaired) electrons. The molecule has 90 valence electrons. The van der Waals surface area contributed by atoms with Gasteiger partial charge in [0.25, 0.3) is 0 Å². The zero-order valence-electron chi connectivity index (χ0n) is 10.5. The SMILES string of the molecule is COC(C)(C)CNC1CCCCC1SC. The van der Waals surface area contributed by atoms with Gasteiger partial charge in [-0.2, -0.15) is 11.8 Å². The predicted molar refractivity (Wildman–Crippen MR) is 68.6 cm³/mol. The summed E-state index contributed by atoms with van der Waals surface area (Å²) in [6, 6.07) is 0.683. The van der Waals surface area contributed by atoms with Crippen molar-refractivity contribution in [2.24, 2.45) is 0 Å². The minimum atomic E-state index is -0.0413. The summed E-state index contributed by atoms with van der Waals surface area (Å²) < 4.78 is 5.43. The molecule has 0 aromatic carbocycles. The predicted octanol–water partition coefficient (Wildman–Crippen LogP) is 2.68. The van der Waals surface area contributed by atoms with Gasteiger partial charge in [-0.15, -0.1) is 0 Å². The van der Waals surface area contributed by atoms with Crippen LogP contribution in [-0.4, -0.2) is 36.8 Å². The molecule has 0 bridgehead atoms. The van der Waals surface area contributed by atoms with Crippen molar-refractivity contribution in [2.75, 3.05) is 19.9 Å². The summed E-state index contributed by atoms with van der Waals surface area (Å²) in [7, 11) is 1.79. The highest BCUT2D eigenvalue weighted by Gasteiger charge is 2.26. The van der Waals surface area contributed by atoms with Crippen molar-refractivity contribution < 1.29 is 4.74 Å². The number of methoxy groups -OCH3 is 1. The van der Waals surface area contributed by atoms with Crippen LogP contribution in [0, 0.1) is 0 Å². The monoisotopic (exact) mass is 231 g/mol. The molecule has 0 aliphatic heterocycles. The average Bonchev–Trinajstić information content (AvgIpc) is 2.27. The van der Waals surface area contributed by atoms with Crippen LogP contribution in [0.3, 0.4) is 0 Å². The van der Waals surface area contributed by atoms with Crippen LogP contribution in [0.25, 0.3) is 0 Å². The second-order valence-corrected chi connectivity index (χ2v) is 6.09. The third kappa shape index (κ3) is 4.33. The molecule has 0 spiro atoms. The Labute approximate surface area is 98.5 Å². The first-order chi connectivity index (χ1) is 7.09. The fraction of sp³-hybridized carbons (Fsp3) is 1.00. The number of rotatable bonds is 5. The Bertz CT molecular complexity index is 184. The third-order valence-corrected chi connectivity index (χ3v) is 4.52. The van der Waals surface area contributed by atoms with Crippen LogP contribution in [0.1, 0.15) is 39.5 Å². The van der Waals surface area contributed by atoms with Gasteiger partial charge in [-0.1, -0.05) is 12.8 Å². The quantitative estimate of drug-likeness (QED) is 0.786. The topological polar surface area (TPSA) is 21.3 Å². The van der Waals surface area contributed by atoms with Gasteiger partial charge in [-0.3, -0.25) is 0 Å². The summed E-state index contributed by atoms with van der Waals surface area (Å²) in [6.45, 7) is 5.22. The maximum absolute atomic E-state index is 5.43. The van der Waals surface area contributed by atoms with Gasteiger partial charge >= 0.3 is 0 Å². The van der Waals surface area contributed by atoms with Gasteiger partial charge < -0.3 is 10.1 Å². The highest BCUT2D eigenvalue weighted by Crippen LogP contribution is 2.27. The van der Waals surface area contributed by atoms with E-state index in [4.69, 9.17) is 4.74 Å². The fourth-order valence-corrected chi connectivity index (χ4v) is 3.02. The lowest BCUT2D eigenvalue weighted by Gasteiger charge is -2.34. The lowest BCUT2D eigenvalue weighted by atomic mass is 9.94. The Morgan fingerprint density at radius 2 is 2.00 bits per heavy atom. The smallest absolute Gasteiger partial charge is 0.0746 e. The van der Waals surface area contributed by atoms with E-state index in [2.05, 4.69) is 25.4 Å². The summed E-state index contributed by atoms with van der Waals surface area (Å²) in [6.07, 6.45) is 7.70. The molecular formula is C12H25NOS. The molecule has 1 rings (SSSR count). The van der Waals surface area contributed by atoms with Crippen LogP contribution < -0.4 is 5.32 Å². The van der Waals surface area contributed by atoms with E-state index in [9.17, 15) is 0 Å². The zero-order valence-corrected chi connectivity index (χ0v) is 11.3. The molecule has 0 aromatic heterocycles. The van der Waals surface area contributed by atoms with Gasteiger partial charge in [0, 0.05) is 24.9 Å². The van der Waals surface area contributed by atoms with E-state index < -0.39 is 0 Å². The third-order valence-electron chi connectivity index (χ3n) is 3.35. The van der Waals surface area contributed by atoms with Crippen molar-refractivity contribution >= 4 is 11.8 Å². The standard InChI is InChI=1S/C12H25NOS/c1-12(2,14-3)9-13-10-7-5-6-8-11(10)15-4/h10-11,13H,5-9H2,1-4H3. The maximum Gasteiger partial charge on any atom is 0.0746 e. The lowest BCUT2D eigenvalue weighted by Crippen LogP contribution is -2.47. The molecule has 2 atom stereocenters. The summed E-state index contributed by atoms with van der Waals surface area (Å²) in [5.74, 6) is 0. The molecule has 3 heteroatoms. The lowest BCUT2D eigenvalue weighted by molar-refractivity contribution is 0.0203. The van der Waals surface area contributed by atoms with Crippen LogP contribution >= 0.6 is 11.8 Å². The number of hydrogen-bond acceptors (Lipinski definition) is 3. The van der Waals surface area contributed by atoms with Crippen molar-refractivity contribution in [1.29, 1.82) is 0 Å². The van der Waals surface area contributed by atoms with Gasteiger partial charge in [-0.25, -0.2) is 0 Å². The first kappa shape index (κ1) is 13.3. The van der Waals surface area contributed by atoms with E-state index in [-0.39, 0.29) is 5.60 Å². The molecule has 0 saturated heterocycles. The average molecular weight is 231 g/mol. The molecule has 1 saturated carbocycles. The number of thioether (sulfide) groups is 1. The van der Waals surface area contributed by atoms with E-state index in [1.807, 2.05) is 11.8 Å². The van der Waals surface area contributed by atoms with Crippen LogP contribution in [-0.2, 0) is 4.74 Å². The molecule has 0 aromatic rings. The molecule has 0 amide bonds. The molecule has 1 fully saturated rings. The van der Waals surface area contributed by atoms with Gasteiger partial charge in [0.2, 0.25) is 0 Å². The van der Waals surface area contributed by atoms with E-state index in [0.717, 1.165) is 11.8 Å². The van der Waals surface area contributed by atoms with Gasteiger partial charge in [0.15, 0.2) is 0 Å². The second-order valence-electron chi connectivity index (χ2n) is 5.01. The van der Waals surface area contributed by atoms with Crippen molar-refractivity contribution in [3.8, 4) is 0 Å². The normalized spacial score (nSPS) is 28.0. The minimum absolute atomic E-state index is 0.0413. The van der Waals surface area contributed by atoms with Crippen molar-refractivity contribution in [2.45, 2.75) is 56.4 Å². The van der Waals surface area contributed by atoms with E-state index in [1.54, 1.807) is 7.11 Å². The minimum Gasteiger partial charge on any atom is -0.377 e. The van der Waals surface area contributed by atoms with E-state index in [0.29, 0.717) is 6.04 Å². The Morgan fingerprint density at radius 3 is 2.60 bits per heavy atom. The van der Waals surface area contributed by atoms with Crippen molar-refractivity contribution in [3.63, 3.8) is 0 Å². The first-order valence-corrected chi connectivity index (χ1v) is 7.19. The Hall–Kier alpha value is 0.270. The van der Waals surface area contributed by atoms with Crippen molar-refractivity contribution in [3.05, 3.63) is 0 Å². The van der Waals surface area contributed by atoms with E-state index in [1.165, 1.54) is 25.7 Å². The van der Waals surface area contributed by atoms with Crippen LogP contribution in [0.2, 0.25) is 0 Å². The van der Waals surface area contributed by atoms with Crippen LogP contribution in [0.5, 0.6) is 0 Å². The number of ether oxygens (including phenoxy) is 1. The summed E-state index contributed by atoms with van der Waals surface area (Å²) in [5.41, 5.74) is -0.0413. The summed E-state index contributed by atoms with van der Waals surface area (Å²) >= 11 is 2.01. The Morgan fingerprint density at radius 1 is 1.33 bits per heavy atom. The number of nitrogens with one attached hydrogen (secondary N) is 1.